The van der Waals surface area contributed by atoms with E-state index in [-0.39, 0.29) is 0 Å². The summed E-state index contributed by atoms with van der Waals surface area (Å²) in [6, 6.07) is 5.49. The van der Waals surface area contributed by atoms with Gasteiger partial charge in [0, 0.05) is 29.9 Å². The average Bonchev–Trinajstić information content (AvgIpc) is 2.81. The second kappa shape index (κ2) is 6.80. The molecule has 0 aliphatic heterocycles. The van der Waals surface area contributed by atoms with Gasteiger partial charge in [-0.25, -0.2) is 0 Å². The third-order valence-corrected chi connectivity index (χ3v) is 3.01. The molecule has 0 aliphatic carbocycles. The van der Waals surface area contributed by atoms with E-state index in [0.29, 0.717) is 23.2 Å². The molecule has 0 radical (unpaired) electrons. The molecule has 0 atom stereocenters. The molecule has 2 aromatic rings. The maximum absolute atomic E-state index is 5.95. The molecule has 1 N–H and O–H groups in total. The molecule has 0 amide bonds. The summed E-state index contributed by atoms with van der Waals surface area (Å²) < 4.78 is 6.83. The quantitative estimate of drug-likeness (QED) is 0.888. The van der Waals surface area contributed by atoms with Crippen LogP contribution in [0.5, 0.6) is 0 Å². The van der Waals surface area contributed by atoms with Crippen molar-refractivity contribution in [3.05, 3.63) is 46.2 Å². The van der Waals surface area contributed by atoms with Crippen LogP contribution in [0.15, 0.2) is 30.6 Å². The molecule has 102 valence electrons. The van der Waals surface area contributed by atoms with E-state index in [1.807, 2.05) is 23.0 Å². The molecule has 0 spiro atoms. The summed E-state index contributed by atoms with van der Waals surface area (Å²) in [5, 5.41) is 8.77. The highest BCUT2D eigenvalue weighted by Crippen LogP contribution is 2.19. The summed E-state index contributed by atoms with van der Waals surface area (Å²) in [6.07, 6.45) is 3.72. The fraction of sp³-hybridized carbons (Fsp3) is 0.308. The smallest absolute Gasteiger partial charge is 0.0729 e. The molecule has 4 nitrogen and oxygen atoms in total. The van der Waals surface area contributed by atoms with Gasteiger partial charge in [-0.1, -0.05) is 23.2 Å². The Balaban J connectivity index is 1.92. The van der Waals surface area contributed by atoms with Crippen molar-refractivity contribution in [2.45, 2.75) is 13.1 Å². The van der Waals surface area contributed by atoms with E-state index in [2.05, 4.69) is 10.4 Å². The second-order valence-corrected chi connectivity index (χ2v) is 4.99. The predicted octanol–water partition coefficient (Wildman–Crippen LogP) is 3.45. The molecular weight excluding hydrogens is 285 g/mol. The van der Waals surface area contributed by atoms with Crippen LogP contribution in [0.2, 0.25) is 10.0 Å². The molecule has 0 saturated carbocycles. The molecule has 1 aromatic carbocycles. The molecule has 0 bridgehead atoms. The Kier molecular flexibility index (Phi) is 5.07. The fourth-order valence-electron chi connectivity index (χ4n) is 1.68. The number of ether oxygens (including phenoxy) is 1. The number of rotatable bonds is 6. The number of aromatic nitrogens is 2. The number of anilines is 1. The number of hydrogen-bond acceptors (Lipinski definition) is 3. The lowest BCUT2D eigenvalue weighted by Crippen LogP contribution is -2.04. The normalized spacial score (nSPS) is 10.7. The van der Waals surface area contributed by atoms with E-state index in [4.69, 9.17) is 27.9 Å². The van der Waals surface area contributed by atoms with Crippen LogP contribution in [0.25, 0.3) is 0 Å². The highest BCUT2D eigenvalue weighted by molar-refractivity contribution is 6.34. The zero-order chi connectivity index (χ0) is 13.7. The van der Waals surface area contributed by atoms with Gasteiger partial charge < -0.3 is 10.1 Å². The van der Waals surface area contributed by atoms with Gasteiger partial charge in [-0.3, -0.25) is 4.68 Å². The summed E-state index contributed by atoms with van der Waals surface area (Å²) in [7, 11) is 1.67. The van der Waals surface area contributed by atoms with Gasteiger partial charge in [0.05, 0.1) is 25.0 Å². The third kappa shape index (κ3) is 4.42. The van der Waals surface area contributed by atoms with Crippen molar-refractivity contribution in [2.24, 2.45) is 0 Å². The lowest BCUT2D eigenvalue weighted by atomic mass is 10.2. The van der Waals surface area contributed by atoms with Gasteiger partial charge in [-0.05, 0) is 23.8 Å². The van der Waals surface area contributed by atoms with Crippen LogP contribution >= 0.6 is 23.2 Å². The van der Waals surface area contributed by atoms with Gasteiger partial charge in [0.1, 0.15) is 0 Å². The van der Waals surface area contributed by atoms with E-state index in [9.17, 15) is 0 Å². The number of nitrogens with zero attached hydrogens (tertiary/aromatic N) is 2. The van der Waals surface area contributed by atoms with Crippen molar-refractivity contribution in [3.8, 4) is 0 Å². The van der Waals surface area contributed by atoms with E-state index < -0.39 is 0 Å². The lowest BCUT2D eigenvalue weighted by molar-refractivity contribution is 0.183. The monoisotopic (exact) mass is 299 g/mol. The zero-order valence-corrected chi connectivity index (χ0v) is 12.1. The highest BCUT2D eigenvalue weighted by atomic mass is 35.5. The minimum absolute atomic E-state index is 0.639. The highest BCUT2D eigenvalue weighted by Gasteiger charge is 2.01. The topological polar surface area (TPSA) is 39.1 Å². The maximum Gasteiger partial charge on any atom is 0.0729 e. The average molecular weight is 300 g/mol. The molecular formula is C13H15Cl2N3O. The lowest BCUT2D eigenvalue weighted by Gasteiger charge is -2.05. The minimum Gasteiger partial charge on any atom is -0.383 e. The van der Waals surface area contributed by atoms with Crippen LogP contribution in [0.1, 0.15) is 5.56 Å². The van der Waals surface area contributed by atoms with Gasteiger partial charge in [0.25, 0.3) is 0 Å². The van der Waals surface area contributed by atoms with E-state index in [0.717, 1.165) is 17.8 Å². The van der Waals surface area contributed by atoms with Gasteiger partial charge in [0.2, 0.25) is 0 Å². The van der Waals surface area contributed by atoms with Gasteiger partial charge in [0.15, 0.2) is 0 Å². The number of methoxy groups -OCH3 is 1. The number of halogens is 2. The van der Waals surface area contributed by atoms with Gasteiger partial charge in [-0.2, -0.15) is 5.10 Å². The largest absolute Gasteiger partial charge is 0.383 e. The van der Waals surface area contributed by atoms with E-state index in [1.54, 1.807) is 19.4 Å². The molecule has 0 aliphatic rings. The van der Waals surface area contributed by atoms with Crippen molar-refractivity contribution in [1.29, 1.82) is 0 Å². The van der Waals surface area contributed by atoms with Crippen molar-refractivity contribution < 1.29 is 4.74 Å². The number of hydrogen-bond donors (Lipinski definition) is 1. The Labute approximate surface area is 122 Å². The summed E-state index contributed by atoms with van der Waals surface area (Å²) in [6.45, 7) is 2.03. The molecule has 6 heteroatoms. The molecule has 1 heterocycles. The maximum atomic E-state index is 5.95. The van der Waals surface area contributed by atoms with Crippen LogP contribution in [0.3, 0.4) is 0 Å². The summed E-state index contributed by atoms with van der Waals surface area (Å²) in [5.74, 6) is 0. The van der Waals surface area contributed by atoms with Crippen molar-refractivity contribution in [1.82, 2.24) is 9.78 Å². The Morgan fingerprint density at radius 2 is 2.00 bits per heavy atom. The van der Waals surface area contributed by atoms with Crippen molar-refractivity contribution >= 4 is 28.9 Å². The summed E-state index contributed by atoms with van der Waals surface area (Å²) >= 11 is 11.9. The molecule has 1 aromatic heterocycles. The van der Waals surface area contributed by atoms with Crippen molar-refractivity contribution in [2.75, 3.05) is 19.0 Å². The standard InChI is InChI=1S/C13H15Cl2N3O/c1-19-3-2-18-9-13(8-17-18)16-7-10-4-11(14)6-12(15)5-10/h4-6,8-9,16H,2-3,7H2,1H3. The Morgan fingerprint density at radius 3 is 2.68 bits per heavy atom. The van der Waals surface area contributed by atoms with Crippen molar-refractivity contribution in [3.63, 3.8) is 0 Å². The third-order valence-electron chi connectivity index (χ3n) is 2.58. The molecule has 19 heavy (non-hydrogen) atoms. The first-order valence-corrected chi connectivity index (χ1v) is 6.63. The first-order chi connectivity index (χ1) is 9.17. The van der Waals surface area contributed by atoms with Crippen LogP contribution in [-0.2, 0) is 17.8 Å². The number of nitrogens with one attached hydrogen (secondary N) is 1. The molecule has 0 saturated heterocycles. The summed E-state index contributed by atoms with van der Waals surface area (Å²) in [5.41, 5.74) is 1.98. The fourth-order valence-corrected chi connectivity index (χ4v) is 2.25. The van der Waals surface area contributed by atoms with Crippen LogP contribution in [-0.4, -0.2) is 23.5 Å². The van der Waals surface area contributed by atoms with E-state index >= 15 is 0 Å². The predicted molar refractivity (Wildman–Crippen MR) is 77.9 cm³/mol. The van der Waals surface area contributed by atoms with Gasteiger partial charge in [-0.15, -0.1) is 0 Å². The van der Waals surface area contributed by atoms with E-state index in [1.165, 1.54) is 0 Å². The SMILES string of the molecule is COCCn1cc(NCc2cc(Cl)cc(Cl)c2)cn1. The van der Waals surface area contributed by atoms with Crippen LogP contribution in [0, 0.1) is 0 Å². The molecule has 0 fully saturated rings. The zero-order valence-electron chi connectivity index (χ0n) is 10.6. The van der Waals surface area contributed by atoms with Crippen LogP contribution in [0.4, 0.5) is 5.69 Å². The van der Waals surface area contributed by atoms with Crippen LogP contribution < -0.4 is 5.32 Å². The molecule has 0 unspecified atom stereocenters. The first kappa shape index (κ1) is 14.2. The Morgan fingerprint density at radius 1 is 1.26 bits per heavy atom. The number of benzene rings is 1. The second-order valence-electron chi connectivity index (χ2n) is 4.12. The Bertz CT molecular complexity index is 522. The minimum atomic E-state index is 0.639. The van der Waals surface area contributed by atoms with Gasteiger partial charge >= 0.3 is 0 Å². The first-order valence-electron chi connectivity index (χ1n) is 5.87. The molecule has 2 rings (SSSR count). The Hall–Kier alpha value is -1.23. The summed E-state index contributed by atoms with van der Waals surface area (Å²) in [4.78, 5) is 0.